The zero-order valence-corrected chi connectivity index (χ0v) is 11.3. The fourth-order valence-electron chi connectivity index (χ4n) is 1.37. The molecule has 2 aromatic heterocycles. The minimum absolute atomic E-state index is 0.0646. The number of rotatable bonds is 3. The third-order valence-corrected chi connectivity index (χ3v) is 2.92. The number of halogens is 1. The van der Waals surface area contributed by atoms with E-state index in [1.54, 1.807) is 19.4 Å². The lowest BCUT2D eigenvalue weighted by Gasteiger charge is -2.06. The SMILES string of the molecule is COc1cccc(Cn2cncc(I)c2=O)n1. The highest BCUT2D eigenvalue weighted by Crippen LogP contribution is 2.07. The first-order valence-electron chi connectivity index (χ1n) is 4.90. The van der Waals surface area contributed by atoms with E-state index in [-0.39, 0.29) is 5.56 Å². The van der Waals surface area contributed by atoms with Gasteiger partial charge in [-0.2, -0.15) is 0 Å². The summed E-state index contributed by atoms with van der Waals surface area (Å²) < 4.78 is 7.14. The fourth-order valence-corrected chi connectivity index (χ4v) is 1.84. The molecule has 0 N–H and O–H groups in total. The molecule has 88 valence electrons. The van der Waals surface area contributed by atoms with Crippen LogP contribution in [0.3, 0.4) is 0 Å². The molecular formula is C11H10IN3O2. The molecule has 0 radical (unpaired) electrons. The molecule has 5 nitrogen and oxygen atoms in total. The van der Waals surface area contributed by atoms with Gasteiger partial charge in [0, 0.05) is 12.3 Å². The number of hydrogen-bond acceptors (Lipinski definition) is 4. The Kier molecular flexibility index (Phi) is 3.72. The maximum absolute atomic E-state index is 11.8. The first-order chi connectivity index (χ1) is 8.20. The monoisotopic (exact) mass is 343 g/mol. The van der Waals surface area contributed by atoms with E-state index in [0.717, 1.165) is 5.69 Å². The Morgan fingerprint density at radius 3 is 3.06 bits per heavy atom. The molecule has 0 fully saturated rings. The van der Waals surface area contributed by atoms with Crippen LogP contribution in [0.1, 0.15) is 5.69 Å². The molecule has 0 unspecified atom stereocenters. The molecule has 0 saturated carbocycles. The van der Waals surface area contributed by atoms with Crippen LogP contribution in [0.5, 0.6) is 5.88 Å². The summed E-state index contributed by atoms with van der Waals surface area (Å²) in [5.74, 6) is 0.536. The number of ether oxygens (including phenoxy) is 1. The summed E-state index contributed by atoms with van der Waals surface area (Å²) in [7, 11) is 1.56. The van der Waals surface area contributed by atoms with Gasteiger partial charge in [0.1, 0.15) is 0 Å². The molecule has 0 amide bonds. The Bertz CT molecular complexity index is 583. The largest absolute Gasteiger partial charge is 0.481 e. The van der Waals surface area contributed by atoms with Gasteiger partial charge in [-0.05, 0) is 28.7 Å². The molecule has 0 bridgehead atoms. The van der Waals surface area contributed by atoms with Gasteiger partial charge >= 0.3 is 0 Å². The average molecular weight is 343 g/mol. The highest BCUT2D eigenvalue weighted by atomic mass is 127. The molecule has 0 aliphatic heterocycles. The minimum atomic E-state index is -0.0646. The third-order valence-electron chi connectivity index (χ3n) is 2.18. The van der Waals surface area contributed by atoms with Crippen molar-refractivity contribution >= 4 is 22.6 Å². The number of methoxy groups -OCH3 is 1. The lowest BCUT2D eigenvalue weighted by Crippen LogP contribution is -2.23. The number of hydrogen-bond donors (Lipinski definition) is 0. The molecular weight excluding hydrogens is 333 g/mol. The van der Waals surface area contributed by atoms with E-state index >= 15 is 0 Å². The van der Waals surface area contributed by atoms with Crippen molar-refractivity contribution < 1.29 is 4.74 Å². The van der Waals surface area contributed by atoms with Crippen molar-refractivity contribution in [1.29, 1.82) is 0 Å². The normalized spacial score (nSPS) is 10.2. The summed E-state index contributed by atoms with van der Waals surface area (Å²) in [5, 5.41) is 0. The highest BCUT2D eigenvalue weighted by Gasteiger charge is 2.03. The van der Waals surface area contributed by atoms with Gasteiger partial charge < -0.3 is 4.74 Å². The lowest BCUT2D eigenvalue weighted by molar-refractivity contribution is 0.395. The maximum atomic E-state index is 11.8. The van der Waals surface area contributed by atoms with E-state index in [1.165, 1.54) is 10.9 Å². The van der Waals surface area contributed by atoms with Gasteiger partial charge in [-0.3, -0.25) is 9.36 Å². The molecule has 2 rings (SSSR count). The zero-order chi connectivity index (χ0) is 12.3. The van der Waals surface area contributed by atoms with Crippen molar-refractivity contribution in [2.24, 2.45) is 0 Å². The van der Waals surface area contributed by atoms with Crippen molar-refractivity contribution in [2.75, 3.05) is 7.11 Å². The van der Waals surface area contributed by atoms with Crippen molar-refractivity contribution in [3.63, 3.8) is 0 Å². The van der Waals surface area contributed by atoms with Crippen molar-refractivity contribution in [3.05, 3.63) is 50.3 Å². The average Bonchev–Trinajstić information content (AvgIpc) is 2.35. The minimum Gasteiger partial charge on any atom is -0.481 e. The molecule has 0 aliphatic rings. The van der Waals surface area contributed by atoms with Crippen LogP contribution >= 0.6 is 22.6 Å². The van der Waals surface area contributed by atoms with Gasteiger partial charge in [0.05, 0.1) is 29.2 Å². The third kappa shape index (κ3) is 2.82. The molecule has 0 aliphatic carbocycles. The number of pyridine rings is 1. The van der Waals surface area contributed by atoms with Gasteiger partial charge in [-0.15, -0.1) is 0 Å². The summed E-state index contributed by atoms with van der Waals surface area (Å²) >= 11 is 1.97. The molecule has 6 heteroatoms. The molecule has 0 atom stereocenters. The van der Waals surface area contributed by atoms with E-state index in [1.807, 2.05) is 34.7 Å². The molecule has 17 heavy (non-hydrogen) atoms. The quantitative estimate of drug-likeness (QED) is 0.789. The Morgan fingerprint density at radius 1 is 1.47 bits per heavy atom. The fraction of sp³-hybridized carbons (Fsp3) is 0.182. The van der Waals surface area contributed by atoms with Crippen LogP contribution in [0.25, 0.3) is 0 Å². The van der Waals surface area contributed by atoms with Crippen molar-refractivity contribution in [1.82, 2.24) is 14.5 Å². The van der Waals surface area contributed by atoms with E-state index in [9.17, 15) is 4.79 Å². The van der Waals surface area contributed by atoms with E-state index in [0.29, 0.717) is 16.0 Å². The standard InChI is InChI=1S/C11H10IN3O2/c1-17-10-4-2-3-8(14-10)6-15-7-13-5-9(12)11(15)16/h2-5,7H,6H2,1H3. The second-order valence-corrected chi connectivity index (χ2v) is 4.51. The predicted octanol–water partition coefficient (Wildman–Crippen LogP) is 1.30. The summed E-state index contributed by atoms with van der Waals surface area (Å²) in [5.41, 5.74) is 0.695. The molecule has 0 saturated heterocycles. The van der Waals surface area contributed by atoms with E-state index in [2.05, 4.69) is 9.97 Å². The Balaban J connectivity index is 2.31. The van der Waals surface area contributed by atoms with Crippen LogP contribution in [0.4, 0.5) is 0 Å². The Labute approximate surface area is 112 Å². The van der Waals surface area contributed by atoms with Gasteiger partial charge in [0.2, 0.25) is 5.88 Å². The smallest absolute Gasteiger partial charge is 0.267 e. The first-order valence-corrected chi connectivity index (χ1v) is 5.98. The van der Waals surface area contributed by atoms with E-state index < -0.39 is 0 Å². The van der Waals surface area contributed by atoms with Crippen molar-refractivity contribution in [2.45, 2.75) is 6.54 Å². The zero-order valence-electron chi connectivity index (χ0n) is 9.13. The summed E-state index contributed by atoms with van der Waals surface area (Å²) in [6.07, 6.45) is 3.05. The van der Waals surface area contributed by atoms with Gasteiger partial charge in [0.15, 0.2) is 0 Å². The Morgan fingerprint density at radius 2 is 2.29 bits per heavy atom. The predicted molar refractivity (Wildman–Crippen MR) is 71.1 cm³/mol. The molecule has 2 aromatic rings. The second kappa shape index (κ2) is 5.26. The molecule has 0 spiro atoms. The maximum Gasteiger partial charge on any atom is 0.267 e. The van der Waals surface area contributed by atoms with Crippen LogP contribution in [-0.4, -0.2) is 21.6 Å². The second-order valence-electron chi connectivity index (χ2n) is 3.35. The van der Waals surface area contributed by atoms with Crippen LogP contribution < -0.4 is 10.3 Å². The van der Waals surface area contributed by atoms with Crippen LogP contribution in [0, 0.1) is 3.57 Å². The van der Waals surface area contributed by atoms with E-state index in [4.69, 9.17) is 4.74 Å². The van der Waals surface area contributed by atoms with Crippen LogP contribution in [0.2, 0.25) is 0 Å². The first kappa shape index (κ1) is 12.0. The lowest BCUT2D eigenvalue weighted by atomic mass is 10.3. The van der Waals surface area contributed by atoms with Crippen LogP contribution in [0.15, 0.2) is 35.5 Å². The van der Waals surface area contributed by atoms with Crippen LogP contribution in [-0.2, 0) is 6.54 Å². The molecule has 0 aromatic carbocycles. The number of nitrogens with zero attached hydrogens (tertiary/aromatic N) is 3. The summed E-state index contributed by atoms with van der Waals surface area (Å²) in [4.78, 5) is 20.0. The van der Waals surface area contributed by atoms with Gasteiger partial charge in [-0.1, -0.05) is 6.07 Å². The summed E-state index contributed by atoms with van der Waals surface area (Å²) in [6.45, 7) is 0.389. The molecule has 2 heterocycles. The Hall–Kier alpha value is -1.44. The summed E-state index contributed by atoms with van der Waals surface area (Å²) in [6, 6.07) is 5.45. The van der Waals surface area contributed by atoms with Crippen molar-refractivity contribution in [3.8, 4) is 5.88 Å². The van der Waals surface area contributed by atoms with Gasteiger partial charge in [-0.25, -0.2) is 9.97 Å². The number of aromatic nitrogens is 3. The highest BCUT2D eigenvalue weighted by molar-refractivity contribution is 14.1. The van der Waals surface area contributed by atoms with Gasteiger partial charge in [0.25, 0.3) is 5.56 Å². The topological polar surface area (TPSA) is 57.0 Å².